The van der Waals surface area contributed by atoms with Gasteiger partial charge in [0.15, 0.2) is 5.82 Å². The van der Waals surface area contributed by atoms with Crippen molar-refractivity contribution in [1.29, 1.82) is 0 Å². The number of anilines is 1. The second kappa shape index (κ2) is 4.45. The van der Waals surface area contributed by atoms with E-state index in [1.807, 2.05) is 6.92 Å². The SMILES string of the molecule is CCOC=Cc1cc(N)c(F)cn1. The average molecular weight is 182 g/mol. The molecule has 0 unspecified atom stereocenters. The number of hydrogen-bond acceptors (Lipinski definition) is 3. The smallest absolute Gasteiger partial charge is 0.164 e. The summed E-state index contributed by atoms with van der Waals surface area (Å²) in [6.45, 7) is 2.46. The highest BCUT2D eigenvalue weighted by molar-refractivity contribution is 5.51. The van der Waals surface area contributed by atoms with Gasteiger partial charge >= 0.3 is 0 Å². The minimum atomic E-state index is -0.506. The molecule has 0 amide bonds. The maximum absolute atomic E-state index is 12.6. The lowest BCUT2D eigenvalue weighted by molar-refractivity contribution is 0.272. The Bertz CT molecular complexity index is 312. The van der Waals surface area contributed by atoms with Crippen LogP contribution in [-0.2, 0) is 4.74 Å². The number of ether oxygens (including phenoxy) is 1. The maximum atomic E-state index is 12.6. The molecular formula is C9H11FN2O. The Kier molecular flexibility index (Phi) is 3.25. The highest BCUT2D eigenvalue weighted by Gasteiger charge is 1.97. The zero-order chi connectivity index (χ0) is 9.68. The fourth-order valence-electron chi connectivity index (χ4n) is 0.776. The van der Waals surface area contributed by atoms with Crippen LogP contribution in [0, 0.1) is 5.82 Å². The first kappa shape index (κ1) is 9.51. The Hall–Kier alpha value is -1.58. The van der Waals surface area contributed by atoms with Gasteiger partial charge < -0.3 is 10.5 Å². The van der Waals surface area contributed by atoms with Gasteiger partial charge in [-0.25, -0.2) is 4.39 Å². The van der Waals surface area contributed by atoms with Gasteiger partial charge in [-0.05, 0) is 19.1 Å². The summed E-state index contributed by atoms with van der Waals surface area (Å²) in [7, 11) is 0. The van der Waals surface area contributed by atoms with Gasteiger partial charge in [-0.1, -0.05) is 0 Å². The van der Waals surface area contributed by atoms with Crippen LogP contribution in [0.25, 0.3) is 6.08 Å². The summed E-state index contributed by atoms with van der Waals surface area (Å²) in [6, 6.07) is 1.45. The summed E-state index contributed by atoms with van der Waals surface area (Å²) in [4.78, 5) is 3.79. The molecule has 0 atom stereocenters. The lowest BCUT2D eigenvalue weighted by Crippen LogP contribution is -1.93. The molecule has 3 nitrogen and oxygen atoms in total. The van der Waals surface area contributed by atoms with Crippen molar-refractivity contribution in [2.45, 2.75) is 6.92 Å². The monoisotopic (exact) mass is 182 g/mol. The molecule has 0 aliphatic rings. The van der Waals surface area contributed by atoms with Gasteiger partial charge in [0.2, 0.25) is 0 Å². The van der Waals surface area contributed by atoms with Crippen molar-refractivity contribution in [3.8, 4) is 0 Å². The van der Waals surface area contributed by atoms with E-state index in [1.165, 1.54) is 12.3 Å². The molecule has 70 valence electrons. The molecule has 0 fully saturated rings. The third-order valence-corrected chi connectivity index (χ3v) is 1.41. The van der Waals surface area contributed by atoms with Crippen molar-refractivity contribution in [1.82, 2.24) is 4.98 Å². The number of pyridine rings is 1. The minimum absolute atomic E-state index is 0.0890. The highest BCUT2D eigenvalue weighted by Crippen LogP contribution is 2.10. The number of nitrogens with zero attached hydrogens (tertiary/aromatic N) is 1. The molecule has 1 aromatic heterocycles. The van der Waals surface area contributed by atoms with Gasteiger partial charge in [-0.2, -0.15) is 0 Å². The zero-order valence-corrected chi connectivity index (χ0v) is 7.33. The van der Waals surface area contributed by atoms with Crippen LogP contribution in [0.3, 0.4) is 0 Å². The van der Waals surface area contributed by atoms with E-state index < -0.39 is 5.82 Å². The molecule has 13 heavy (non-hydrogen) atoms. The Morgan fingerprint density at radius 1 is 1.69 bits per heavy atom. The van der Waals surface area contributed by atoms with Gasteiger partial charge in [0, 0.05) is 0 Å². The predicted molar refractivity (Wildman–Crippen MR) is 49.3 cm³/mol. The van der Waals surface area contributed by atoms with E-state index in [4.69, 9.17) is 10.5 Å². The Morgan fingerprint density at radius 3 is 3.08 bits per heavy atom. The molecule has 2 N–H and O–H groups in total. The van der Waals surface area contributed by atoms with E-state index >= 15 is 0 Å². The molecule has 0 aromatic carbocycles. The second-order valence-corrected chi connectivity index (χ2v) is 2.39. The summed E-state index contributed by atoms with van der Waals surface area (Å²) in [5.41, 5.74) is 6.00. The summed E-state index contributed by atoms with van der Waals surface area (Å²) in [5, 5.41) is 0. The first-order valence-corrected chi connectivity index (χ1v) is 3.93. The Labute approximate surface area is 76.0 Å². The van der Waals surface area contributed by atoms with Crippen LogP contribution in [0.1, 0.15) is 12.6 Å². The molecule has 0 spiro atoms. The number of hydrogen-bond donors (Lipinski definition) is 1. The van der Waals surface area contributed by atoms with Crippen molar-refractivity contribution >= 4 is 11.8 Å². The van der Waals surface area contributed by atoms with Crippen LogP contribution in [0.5, 0.6) is 0 Å². The molecule has 4 heteroatoms. The molecule has 0 bridgehead atoms. The van der Waals surface area contributed by atoms with Crippen LogP contribution in [-0.4, -0.2) is 11.6 Å². The Balaban J connectivity index is 2.73. The molecule has 0 saturated carbocycles. The Morgan fingerprint density at radius 2 is 2.46 bits per heavy atom. The molecule has 0 aliphatic carbocycles. The van der Waals surface area contributed by atoms with E-state index in [2.05, 4.69) is 4.98 Å². The molecular weight excluding hydrogens is 171 g/mol. The molecule has 0 saturated heterocycles. The van der Waals surface area contributed by atoms with Crippen molar-refractivity contribution in [2.24, 2.45) is 0 Å². The minimum Gasteiger partial charge on any atom is -0.501 e. The fourth-order valence-corrected chi connectivity index (χ4v) is 0.776. The lowest BCUT2D eigenvalue weighted by atomic mass is 10.3. The topological polar surface area (TPSA) is 48.1 Å². The van der Waals surface area contributed by atoms with E-state index in [9.17, 15) is 4.39 Å². The van der Waals surface area contributed by atoms with Crippen LogP contribution in [0.2, 0.25) is 0 Å². The van der Waals surface area contributed by atoms with Gasteiger partial charge in [0.25, 0.3) is 0 Å². The molecule has 1 heterocycles. The van der Waals surface area contributed by atoms with Crippen LogP contribution in [0.4, 0.5) is 10.1 Å². The summed E-state index contributed by atoms with van der Waals surface area (Å²) >= 11 is 0. The molecule has 1 rings (SSSR count). The van der Waals surface area contributed by atoms with E-state index in [0.717, 1.165) is 6.20 Å². The summed E-state index contributed by atoms with van der Waals surface area (Å²) < 4.78 is 17.6. The lowest BCUT2D eigenvalue weighted by Gasteiger charge is -1.97. The third-order valence-electron chi connectivity index (χ3n) is 1.41. The normalized spacial score (nSPS) is 10.6. The van der Waals surface area contributed by atoms with Crippen LogP contribution >= 0.6 is 0 Å². The fraction of sp³-hybridized carbons (Fsp3) is 0.222. The largest absolute Gasteiger partial charge is 0.501 e. The molecule has 0 aliphatic heterocycles. The number of rotatable bonds is 3. The van der Waals surface area contributed by atoms with Crippen LogP contribution in [0.15, 0.2) is 18.5 Å². The molecule has 1 aromatic rings. The van der Waals surface area contributed by atoms with Crippen molar-refractivity contribution in [2.75, 3.05) is 12.3 Å². The predicted octanol–water partition coefficient (Wildman–Crippen LogP) is 1.81. The first-order valence-electron chi connectivity index (χ1n) is 3.93. The van der Waals surface area contributed by atoms with Crippen molar-refractivity contribution < 1.29 is 9.13 Å². The van der Waals surface area contributed by atoms with Crippen LogP contribution < -0.4 is 5.73 Å². The standard InChI is InChI=1S/C9H11FN2O/c1-2-13-4-3-7-5-9(11)8(10)6-12-7/h3-6H,2H2,1H3,(H2,11,12). The summed E-state index contributed by atoms with van der Waals surface area (Å²) in [6.07, 6.45) is 4.21. The number of nitrogens with two attached hydrogens (primary N) is 1. The van der Waals surface area contributed by atoms with Gasteiger partial charge in [-0.15, -0.1) is 0 Å². The van der Waals surface area contributed by atoms with Crippen molar-refractivity contribution in [3.63, 3.8) is 0 Å². The molecule has 0 radical (unpaired) electrons. The number of halogens is 1. The van der Waals surface area contributed by atoms with E-state index in [0.29, 0.717) is 12.3 Å². The quantitative estimate of drug-likeness (QED) is 0.725. The maximum Gasteiger partial charge on any atom is 0.164 e. The number of aromatic nitrogens is 1. The van der Waals surface area contributed by atoms with Crippen molar-refractivity contribution in [3.05, 3.63) is 30.0 Å². The van der Waals surface area contributed by atoms with Gasteiger partial charge in [0.1, 0.15) is 0 Å². The van der Waals surface area contributed by atoms with E-state index in [-0.39, 0.29) is 5.69 Å². The zero-order valence-electron chi connectivity index (χ0n) is 7.33. The van der Waals surface area contributed by atoms with Gasteiger partial charge in [-0.3, -0.25) is 4.98 Å². The highest BCUT2D eigenvalue weighted by atomic mass is 19.1. The third kappa shape index (κ3) is 2.74. The second-order valence-electron chi connectivity index (χ2n) is 2.39. The number of nitrogen functional groups attached to an aromatic ring is 1. The van der Waals surface area contributed by atoms with Gasteiger partial charge in [0.05, 0.1) is 30.4 Å². The first-order chi connectivity index (χ1) is 6.24. The summed E-state index contributed by atoms with van der Waals surface area (Å²) in [5.74, 6) is -0.506. The average Bonchev–Trinajstić information content (AvgIpc) is 2.12. The van der Waals surface area contributed by atoms with E-state index in [1.54, 1.807) is 6.08 Å².